The highest BCUT2D eigenvalue weighted by Crippen LogP contribution is 2.45. The van der Waals surface area contributed by atoms with Crippen LogP contribution >= 0.6 is 35.0 Å². The normalized spacial score (nSPS) is 12.2. The Morgan fingerprint density at radius 1 is 1.25 bits per heavy atom. The number of benzene rings is 1. The molecular formula is C17H12Cl2F6N4O2S. The molecule has 0 unspecified atom stereocenters. The number of hydrogen-bond donors (Lipinski definition) is 1. The number of ether oxygens (including phenoxy) is 1. The minimum absolute atomic E-state index is 0.386. The number of rotatable bonds is 6. The van der Waals surface area contributed by atoms with Crippen molar-refractivity contribution in [1.29, 1.82) is 5.26 Å². The fourth-order valence-corrected chi connectivity index (χ4v) is 3.60. The van der Waals surface area contributed by atoms with Crippen LogP contribution in [-0.4, -0.2) is 33.9 Å². The molecule has 0 fully saturated rings. The van der Waals surface area contributed by atoms with Crippen LogP contribution < -0.4 is 5.32 Å². The van der Waals surface area contributed by atoms with Gasteiger partial charge in [-0.3, -0.25) is 4.79 Å². The van der Waals surface area contributed by atoms with E-state index >= 15 is 0 Å². The summed E-state index contributed by atoms with van der Waals surface area (Å²) in [5.74, 6) is -1.57. The van der Waals surface area contributed by atoms with Crippen molar-refractivity contribution in [1.82, 2.24) is 9.78 Å². The summed E-state index contributed by atoms with van der Waals surface area (Å²) in [6, 6.07) is 2.42. The number of alkyl halides is 6. The Labute approximate surface area is 191 Å². The number of amides is 1. The number of carbonyl (C=O) groups excluding carboxylic acids is 1. The summed E-state index contributed by atoms with van der Waals surface area (Å²) in [6.07, 6.45) is -5.20. The van der Waals surface area contributed by atoms with Crippen LogP contribution in [0.4, 0.5) is 32.2 Å². The van der Waals surface area contributed by atoms with Gasteiger partial charge in [-0.05, 0) is 37.7 Å². The van der Waals surface area contributed by atoms with Gasteiger partial charge in [-0.1, -0.05) is 23.2 Å². The maximum atomic E-state index is 13.1. The molecule has 0 aliphatic carbocycles. The molecule has 0 saturated carbocycles. The molecule has 2 aromatic rings. The van der Waals surface area contributed by atoms with Crippen LogP contribution in [0.15, 0.2) is 17.0 Å². The van der Waals surface area contributed by atoms with E-state index in [1.807, 2.05) is 0 Å². The lowest BCUT2D eigenvalue weighted by molar-refractivity contribution is -0.137. The predicted molar refractivity (Wildman–Crippen MR) is 105 cm³/mol. The minimum atomic E-state index is -4.89. The van der Waals surface area contributed by atoms with E-state index in [1.54, 1.807) is 13.8 Å². The molecule has 174 valence electrons. The summed E-state index contributed by atoms with van der Waals surface area (Å²) >= 11 is 11.1. The summed E-state index contributed by atoms with van der Waals surface area (Å²) in [7, 11) is 0. The Bertz CT molecular complexity index is 1040. The molecule has 15 heteroatoms. The number of nitriles is 1. The molecule has 1 aromatic carbocycles. The SMILES string of the molecule is CC(C)OCC(=O)Nc1c(SC(F)(F)F)c(C#N)nn1-c1c(Cl)cc(C(F)(F)F)cc1Cl. The number of anilines is 1. The van der Waals surface area contributed by atoms with Crippen molar-refractivity contribution in [3.05, 3.63) is 33.4 Å². The molecule has 1 amide bonds. The number of halogens is 8. The zero-order valence-corrected chi connectivity index (χ0v) is 18.4. The lowest BCUT2D eigenvalue weighted by Crippen LogP contribution is -2.23. The topological polar surface area (TPSA) is 79.9 Å². The third-order valence-electron chi connectivity index (χ3n) is 3.53. The van der Waals surface area contributed by atoms with Crippen LogP contribution in [0.5, 0.6) is 0 Å². The second kappa shape index (κ2) is 9.78. The number of aromatic nitrogens is 2. The molecule has 6 nitrogen and oxygen atoms in total. The van der Waals surface area contributed by atoms with Crippen molar-refractivity contribution in [2.75, 3.05) is 11.9 Å². The third kappa shape index (κ3) is 6.44. The Morgan fingerprint density at radius 2 is 1.81 bits per heavy atom. The first-order chi connectivity index (χ1) is 14.6. The molecule has 0 bridgehead atoms. The third-order valence-corrected chi connectivity index (χ3v) is 4.93. The first-order valence-electron chi connectivity index (χ1n) is 8.41. The van der Waals surface area contributed by atoms with Crippen molar-refractivity contribution < 1.29 is 35.9 Å². The molecule has 1 aromatic heterocycles. The van der Waals surface area contributed by atoms with Crippen LogP contribution in [0.25, 0.3) is 5.69 Å². The van der Waals surface area contributed by atoms with E-state index in [2.05, 4.69) is 10.4 Å². The van der Waals surface area contributed by atoms with E-state index in [9.17, 15) is 36.4 Å². The molecule has 0 atom stereocenters. The van der Waals surface area contributed by atoms with Gasteiger partial charge in [0.15, 0.2) is 11.5 Å². The van der Waals surface area contributed by atoms with Crippen molar-refractivity contribution >= 4 is 46.7 Å². The average Bonchev–Trinajstić information content (AvgIpc) is 2.94. The first-order valence-corrected chi connectivity index (χ1v) is 9.98. The zero-order chi connectivity index (χ0) is 24.4. The average molecular weight is 521 g/mol. The van der Waals surface area contributed by atoms with Gasteiger partial charge in [-0.2, -0.15) is 36.7 Å². The van der Waals surface area contributed by atoms with E-state index in [4.69, 9.17) is 27.9 Å². The predicted octanol–water partition coefficient (Wildman–Crippen LogP) is 6.04. The highest BCUT2D eigenvalue weighted by atomic mass is 35.5. The van der Waals surface area contributed by atoms with Crippen molar-refractivity contribution in [2.24, 2.45) is 0 Å². The molecule has 2 rings (SSSR count). The molecule has 0 aliphatic heterocycles. The number of thioether (sulfide) groups is 1. The van der Waals surface area contributed by atoms with E-state index in [1.165, 1.54) is 6.07 Å². The van der Waals surface area contributed by atoms with Crippen molar-refractivity contribution in [2.45, 2.75) is 36.5 Å². The first kappa shape index (κ1) is 26.1. The second-order valence-electron chi connectivity index (χ2n) is 6.29. The van der Waals surface area contributed by atoms with Gasteiger partial charge in [0, 0.05) is 0 Å². The summed E-state index contributed by atoms with van der Waals surface area (Å²) in [4.78, 5) is 11.4. The standard InChI is InChI=1S/C17H12Cl2F6N4O2S/c1-7(2)31-6-12(30)27-15-14(32-17(23,24)25)11(5-26)28-29(15)13-9(18)3-8(4-10(13)19)16(20,21)22/h3-4,7H,6H2,1-2H3,(H,27,30). The van der Waals surface area contributed by atoms with Crippen LogP contribution in [0.3, 0.4) is 0 Å². The van der Waals surface area contributed by atoms with Crippen LogP contribution in [-0.2, 0) is 15.7 Å². The second-order valence-corrected chi connectivity index (χ2v) is 8.18. The Morgan fingerprint density at radius 3 is 2.25 bits per heavy atom. The monoisotopic (exact) mass is 520 g/mol. The maximum absolute atomic E-state index is 13.1. The van der Waals surface area contributed by atoms with Gasteiger partial charge in [0.05, 0.1) is 26.6 Å². The number of nitrogens with one attached hydrogen (secondary N) is 1. The minimum Gasteiger partial charge on any atom is -0.369 e. The van der Waals surface area contributed by atoms with Crippen LogP contribution in [0.2, 0.25) is 10.0 Å². The fraction of sp³-hybridized carbons (Fsp3) is 0.353. The summed E-state index contributed by atoms with van der Waals surface area (Å²) in [5, 5.41) is 13.8. The van der Waals surface area contributed by atoms with E-state index < -0.39 is 73.7 Å². The Kier molecular flexibility index (Phi) is 7.98. The van der Waals surface area contributed by atoms with Crippen LogP contribution in [0, 0.1) is 11.3 Å². The lowest BCUT2D eigenvalue weighted by Gasteiger charge is -2.16. The van der Waals surface area contributed by atoms with Crippen molar-refractivity contribution in [3.8, 4) is 11.8 Å². The number of carbonyl (C=O) groups is 1. The highest BCUT2D eigenvalue weighted by molar-refractivity contribution is 8.00. The van der Waals surface area contributed by atoms with Crippen LogP contribution in [0.1, 0.15) is 25.1 Å². The molecule has 32 heavy (non-hydrogen) atoms. The van der Waals surface area contributed by atoms with E-state index in [0.29, 0.717) is 16.8 Å². The maximum Gasteiger partial charge on any atom is 0.446 e. The number of nitrogens with zero attached hydrogens (tertiary/aromatic N) is 3. The van der Waals surface area contributed by atoms with Gasteiger partial charge in [-0.15, -0.1) is 0 Å². The van der Waals surface area contributed by atoms with E-state index in [-0.39, 0.29) is 6.10 Å². The largest absolute Gasteiger partial charge is 0.446 e. The van der Waals surface area contributed by atoms with Gasteiger partial charge in [0.2, 0.25) is 0 Å². The smallest absolute Gasteiger partial charge is 0.369 e. The number of hydrogen-bond acceptors (Lipinski definition) is 5. The van der Waals surface area contributed by atoms with Gasteiger partial charge in [0.1, 0.15) is 18.4 Å². The Balaban J connectivity index is 2.70. The highest BCUT2D eigenvalue weighted by Gasteiger charge is 2.37. The molecular weight excluding hydrogens is 509 g/mol. The van der Waals surface area contributed by atoms with Gasteiger partial charge in [-0.25, -0.2) is 4.68 Å². The molecule has 1 N–H and O–H groups in total. The summed E-state index contributed by atoms with van der Waals surface area (Å²) in [6.45, 7) is 2.66. The van der Waals surface area contributed by atoms with Gasteiger partial charge in [0.25, 0.3) is 5.91 Å². The lowest BCUT2D eigenvalue weighted by atomic mass is 10.2. The van der Waals surface area contributed by atoms with E-state index in [0.717, 1.165) is 0 Å². The molecule has 0 aliphatic rings. The molecule has 0 saturated heterocycles. The summed E-state index contributed by atoms with van der Waals surface area (Å²) in [5.41, 5.74) is -7.34. The van der Waals surface area contributed by atoms with Gasteiger partial charge >= 0.3 is 11.7 Å². The fourth-order valence-electron chi connectivity index (χ4n) is 2.30. The molecule has 0 radical (unpaired) electrons. The quantitative estimate of drug-likeness (QED) is 0.370. The van der Waals surface area contributed by atoms with Gasteiger partial charge < -0.3 is 10.1 Å². The Hall–Kier alpha value is -2.14. The molecule has 0 spiro atoms. The van der Waals surface area contributed by atoms with Crippen molar-refractivity contribution in [3.63, 3.8) is 0 Å². The summed E-state index contributed by atoms with van der Waals surface area (Å²) < 4.78 is 83.9. The molecule has 1 heterocycles. The zero-order valence-electron chi connectivity index (χ0n) is 16.0.